The van der Waals surface area contributed by atoms with Crippen LogP contribution in [-0.4, -0.2) is 28.2 Å². The summed E-state index contributed by atoms with van der Waals surface area (Å²) in [6.07, 6.45) is 5.05. The minimum absolute atomic E-state index is 0.116. The zero-order valence-electron chi connectivity index (χ0n) is 7.85. The summed E-state index contributed by atoms with van der Waals surface area (Å²) in [5, 5.41) is 14.2. The van der Waals surface area contributed by atoms with Gasteiger partial charge in [0.2, 0.25) is 5.76 Å². The van der Waals surface area contributed by atoms with Gasteiger partial charge in [-0.15, -0.1) is 6.42 Å². The number of carboxylic acids is 1. The second kappa shape index (κ2) is 4.28. The molecule has 0 radical (unpaired) electrons. The molecule has 0 spiro atoms. The third kappa shape index (κ3) is 2.57. The Labute approximate surface area is 85.3 Å². The Morgan fingerprint density at radius 3 is 2.87 bits per heavy atom. The minimum Gasteiger partial charge on any atom is -0.475 e. The topological polar surface area (TPSA) is 92.4 Å². The number of aromatic nitrogens is 1. The molecule has 1 rings (SSSR count). The number of amides is 1. The van der Waals surface area contributed by atoms with Gasteiger partial charge in [-0.1, -0.05) is 11.1 Å². The van der Waals surface area contributed by atoms with Crippen LogP contribution >= 0.6 is 0 Å². The van der Waals surface area contributed by atoms with Crippen LogP contribution in [0.25, 0.3) is 0 Å². The van der Waals surface area contributed by atoms with Crippen molar-refractivity contribution in [3.8, 4) is 12.3 Å². The molecule has 1 atom stereocenters. The summed E-state index contributed by atoms with van der Waals surface area (Å²) in [5.74, 6) is 0.0355. The zero-order chi connectivity index (χ0) is 11.4. The number of hydrogen-bond acceptors (Lipinski definition) is 4. The Balaban J connectivity index is 2.75. The lowest BCUT2D eigenvalue weighted by Crippen LogP contribution is -2.31. The van der Waals surface area contributed by atoms with E-state index in [1.807, 2.05) is 0 Å². The predicted octanol–water partition coefficient (Wildman–Crippen LogP) is 0.124. The molecule has 0 aliphatic heterocycles. The van der Waals surface area contributed by atoms with Crippen LogP contribution in [0.4, 0.5) is 0 Å². The summed E-state index contributed by atoms with van der Waals surface area (Å²) in [7, 11) is 0. The Bertz CT molecular complexity index is 430. The highest BCUT2D eigenvalue weighted by Crippen LogP contribution is 2.03. The van der Waals surface area contributed by atoms with Gasteiger partial charge in [-0.2, -0.15) is 0 Å². The maximum absolute atomic E-state index is 11.3. The fourth-order valence-electron chi connectivity index (χ4n) is 0.795. The van der Waals surface area contributed by atoms with Gasteiger partial charge in [0.1, 0.15) is 0 Å². The monoisotopic (exact) mass is 208 g/mol. The van der Waals surface area contributed by atoms with Crippen molar-refractivity contribution in [2.75, 3.05) is 0 Å². The Hall–Kier alpha value is -2.29. The molecule has 0 aliphatic rings. The van der Waals surface area contributed by atoms with Gasteiger partial charge in [0.05, 0.1) is 6.04 Å². The van der Waals surface area contributed by atoms with E-state index >= 15 is 0 Å². The lowest BCUT2D eigenvalue weighted by Gasteiger charge is -2.03. The number of carbonyl (C=O) groups is 2. The Kier molecular flexibility index (Phi) is 3.08. The summed E-state index contributed by atoms with van der Waals surface area (Å²) in [6, 6.07) is 0.573. The molecule has 0 saturated heterocycles. The van der Waals surface area contributed by atoms with Gasteiger partial charge in [-0.3, -0.25) is 4.79 Å². The van der Waals surface area contributed by atoms with Crippen molar-refractivity contribution in [1.82, 2.24) is 10.5 Å². The number of aromatic carboxylic acids is 1. The van der Waals surface area contributed by atoms with E-state index in [0.29, 0.717) is 0 Å². The highest BCUT2D eigenvalue weighted by atomic mass is 16.5. The van der Waals surface area contributed by atoms with E-state index < -0.39 is 23.7 Å². The van der Waals surface area contributed by atoms with Crippen LogP contribution in [-0.2, 0) is 0 Å². The molecule has 78 valence electrons. The highest BCUT2D eigenvalue weighted by Gasteiger charge is 2.17. The number of rotatable bonds is 3. The van der Waals surface area contributed by atoms with Gasteiger partial charge in [0, 0.05) is 6.07 Å². The van der Waals surface area contributed by atoms with Crippen LogP contribution in [0.15, 0.2) is 10.6 Å². The largest absolute Gasteiger partial charge is 0.475 e. The second-order valence-corrected chi connectivity index (χ2v) is 2.74. The fourth-order valence-corrected chi connectivity index (χ4v) is 0.795. The van der Waals surface area contributed by atoms with Crippen molar-refractivity contribution in [3.05, 3.63) is 17.5 Å². The normalized spacial score (nSPS) is 11.5. The molecule has 0 fully saturated rings. The van der Waals surface area contributed by atoms with E-state index in [4.69, 9.17) is 11.5 Å². The summed E-state index contributed by atoms with van der Waals surface area (Å²) < 4.78 is 4.40. The van der Waals surface area contributed by atoms with Crippen LogP contribution in [0.5, 0.6) is 0 Å². The third-order valence-corrected chi connectivity index (χ3v) is 1.55. The number of nitrogens with zero attached hydrogens (tertiary/aromatic N) is 1. The smallest absolute Gasteiger partial charge is 0.374 e. The molecule has 1 amide bonds. The molecule has 15 heavy (non-hydrogen) atoms. The first kappa shape index (κ1) is 10.8. The number of hydrogen-bond donors (Lipinski definition) is 2. The quantitative estimate of drug-likeness (QED) is 0.688. The molecular weight excluding hydrogens is 200 g/mol. The summed E-state index contributed by atoms with van der Waals surface area (Å²) in [5.41, 5.74) is -0.116. The Morgan fingerprint density at radius 1 is 1.73 bits per heavy atom. The van der Waals surface area contributed by atoms with E-state index in [0.717, 1.165) is 6.07 Å². The van der Waals surface area contributed by atoms with Crippen molar-refractivity contribution in [2.24, 2.45) is 0 Å². The summed E-state index contributed by atoms with van der Waals surface area (Å²) >= 11 is 0. The zero-order valence-corrected chi connectivity index (χ0v) is 7.85. The average Bonchev–Trinajstić information content (AvgIpc) is 2.66. The van der Waals surface area contributed by atoms with E-state index in [1.54, 1.807) is 6.92 Å². The molecule has 0 aliphatic carbocycles. The molecule has 6 nitrogen and oxygen atoms in total. The van der Waals surface area contributed by atoms with E-state index in [1.165, 1.54) is 0 Å². The second-order valence-electron chi connectivity index (χ2n) is 2.74. The van der Waals surface area contributed by atoms with Crippen molar-refractivity contribution in [2.45, 2.75) is 13.0 Å². The maximum atomic E-state index is 11.3. The number of carboxylic acid groups (broad SMARTS) is 1. The molecule has 0 aromatic carbocycles. The van der Waals surface area contributed by atoms with Crippen LogP contribution in [0.3, 0.4) is 0 Å². The van der Waals surface area contributed by atoms with Crippen LogP contribution in [0.2, 0.25) is 0 Å². The van der Waals surface area contributed by atoms with Crippen molar-refractivity contribution in [1.29, 1.82) is 0 Å². The van der Waals surface area contributed by atoms with Gasteiger partial charge in [0.15, 0.2) is 5.69 Å². The van der Waals surface area contributed by atoms with Crippen molar-refractivity contribution in [3.63, 3.8) is 0 Å². The standard InChI is InChI=1S/C9H8N2O4/c1-3-5(2)10-8(12)6-4-7(9(13)14)15-11-6/h1,4-5H,2H3,(H,10,12)(H,13,14). The summed E-state index contributed by atoms with van der Waals surface area (Å²) in [4.78, 5) is 21.7. The SMILES string of the molecule is C#CC(C)NC(=O)c1cc(C(=O)O)on1. The first-order chi connectivity index (χ1) is 7.04. The van der Waals surface area contributed by atoms with Gasteiger partial charge in [-0.05, 0) is 6.92 Å². The van der Waals surface area contributed by atoms with Crippen molar-refractivity contribution < 1.29 is 19.2 Å². The minimum atomic E-state index is -1.29. The molecule has 1 unspecified atom stereocenters. The van der Waals surface area contributed by atoms with Crippen LogP contribution < -0.4 is 5.32 Å². The molecule has 0 bridgehead atoms. The molecular formula is C9H8N2O4. The molecule has 0 saturated carbocycles. The van der Waals surface area contributed by atoms with Gasteiger partial charge in [0.25, 0.3) is 5.91 Å². The fraction of sp³-hybridized carbons (Fsp3) is 0.222. The third-order valence-electron chi connectivity index (χ3n) is 1.55. The Morgan fingerprint density at radius 2 is 2.40 bits per heavy atom. The lowest BCUT2D eigenvalue weighted by molar-refractivity contribution is 0.0651. The first-order valence-corrected chi connectivity index (χ1v) is 4.01. The van der Waals surface area contributed by atoms with Gasteiger partial charge >= 0.3 is 5.97 Å². The lowest BCUT2D eigenvalue weighted by atomic mass is 10.3. The number of nitrogens with one attached hydrogen (secondary N) is 1. The van der Waals surface area contributed by atoms with Crippen LogP contribution in [0.1, 0.15) is 28.0 Å². The molecule has 6 heteroatoms. The molecule has 1 aromatic rings. The molecule has 1 aromatic heterocycles. The molecule has 2 N–H and O–H groups in total. The average molecular weight is 208 g/mol. The predicted molar refractivity (Wildman–Crippen MR) is 49.2 cm³/mol. The first-order valence-electron chi connectivity index (χ1n) is 4.01. The highest BCUT2D eigenvalue weighted by molar-refractivity contribution is 5.95. The van der Waals surface area contributed by atoms with E-state index in [2.05, 4.69) is 20.9 Å². The number of carbonyl (C=O) groups excluding carboxylic acids is 1. The summed E-state index contributed by atoms with van der Waals surface area (Å²) in [6.45, 7) is 1.61. The van der Waals surface area contributed by atoms with Gasteiger partial charge < -0.3 is 14.9 Å². The maximum Gasteiger partial charge on any atom is 0.374 e. The van der Waals surface area contributed by atoms with Gasteiger partial charge in [-0.25, -0.2) is 4.79 Å². The molecule has 1 heterocycles. The number of terminal acetylenes is 1. The van der Waals surface area contributed by atoms with Crippen LogP contribution in [0, 0.1) is 12.3 Å². The van der Waals surface area contributed by atoms with Crippen molar-refractivity contribution >= 4 is 11.9 Å². The van der Waals surface area contributed by atoms with E-state index in [9.17, 15) is 9.59 Å². The van der Waals surface area contributed by atoms with E-state index in [-0.39, 0.29) is 5.69 Å².